The van der Waals surface area contributed by atoms with Gasteiger partial charge in [0.25, 0.3) is 0 Å². The second-order valence-corrected chi connectivity index (χ2v) is 4.97. The summed E-state index contributed by atoms with van der Waals surface area (Å²) in [5.41, 5.74) is 2.27. The number of hydrazine groups is 1. The van der Waals surface area contributed by atoms with Crippen LogP contribution in [0.1, 0.15) is 33.6 Å². The number of aliphatic hydroxyl groups excluding tert-OH is 5. The number of nitrogens with one attached hydrogen (secondary N) is 2. The molecule has 9 N–H and O–H groups in total. The van der Waals surface area contributed by atoms with E-state index in [1.165, 1.54) is 6.92 Å². The average Bonchev–Trinajstić information content (AvgIpc) is 2.59. The van der Waals surface area contributed by atoms with Crippen molar-refractivity contribution in [3.05, 3.63) is 0 Å². The number of aliphatic hydroxyl groups is 5. The number of Topliss-reactive ketones (excluding diaryl/α,β-unsaturated/α-hetero) is 1. The van der Waals surface area contributed by atoms with Crippen molar-refractivity contribution in [2.75, 3.05) is 13.2 Å². The fourth-order valence-corrected chi connectivity index (χ4v) is 1.67. The summed E-state index contributed by atoms with van der Waals surface area (Å²) in [6.07, 6.45) is -6.48. The molecule has 5 atom stereocenters. The molecular weight excluding hydrogens is 322 g/mol. The van der Waals surface area contributed by atoms with Gasteiger partial charge in [-0.15, -0.1) is 0 Å². The molecule has 0 aromatic carbocycles. The molecule has 0 saturated heterocycles. The van der Waals surface area contributed by atoms with Gasteiger partial charge in [-0.25, -0.2) is 5.43 Å². The van der Waals surface area contributed by atoms with Crippen LogP contribution < -0.4 is 16.6 Å². The summed E-state index contributed by atoms with van der Waals surface area (Å²) in [7, 11) is 0. The van der Waals surface area contributed by atoms with Crippen LogP contribution in [0.5, 0.6) is 0 Å². The summed E-state index contributed by atoms with van der Waals surface area (Å²) < 4.78 is 0. The fourth-order valence-electron chi connectivity index (χ4n) is 1.67. The molecular formula is C14H31N3O7. The summed E-state index contributed by atoms with van der Waals surface area (Å²) in [6.45, 7) is 4.18. The van der Waals surface area contributed by atoms with E-state index in [0.29, 0.717) is 0 Å². The summed E-state index contributed by atoms with van der Waals surface area (Å²) in [4.78, 5) is 22.6. The zero-order chi connectivity index (χ0) is 19.3. The van der Waals surface area contributed by atoms with Crippen LogP contribution in [-0.4, -0.2) is 80.8 Å². The highest BCUT2D eigenvalue weighted by atomic mass is 16.4. The zero-order valence-electron chi connectivity index (χ0n) is 14.3. The van der Waals surface area contributed by atoms with Crippen molar-refractivity contribution in [2.45, 2.75) is 64.1 Å². The fraction of sp³-hybridized carbons (Fsp3) is 0.857. The lowest BCUT2D eigenvalue weighted by atomic mass is 10.0. The van der Waals surface area contributed by atoms with E-state index in [1.807, 2.05) is 13.8 Å². The minimum atomic E-state index is -1.75. The summed E-state index contributed by atoms with van der Waals surface area (Å²) in [5, 5.41) is 48.6. The highest BCUT2D eigenvalue weighted by molar-refractivity contribution is 5.82. The van der Waals surface area contributed by atoms with Gasteiger partial charge in [-0.1, -0.05) is 13.8 Å². The first-order valence-electron chi connectivity index (χ1n) is 7.81. The number of hydrogen-bond donors (Lipinski definition) is 8. The van der Waals surface area contributed by atoms with Crippen molar-refractivity contribution in [1.82, 2.24) is 10.7 Å². The number of ketones is 1. The van der Waals surface area contributed by atoms with E-state index < -0.39 is 43.0 Å². The lowest BCUT2D eigenvalue weighted by Gasteiger charge is -2.25. The Kier molecular flexibility index (Phi) is 14.9. The quantitative estimate of drug-likeness (QED) is 0.140. The normalized spacial score (nSPS) is 16.9. The predicted molar refractivity (Wildman–Crippen MR) is 86.5 cm³/mol. The maximum Gasteiger partial charge on any atom is 0.220 e. The maximum absolute atomic E-state index is 11.5. The Morgan fingerprint density at radius 3 is 1.96 bits per heavy atom. The van der Waals surface area contributed by atoms with Gasteiger partial charge in [0, 0.05) is 13.0 Å². The van der Waals surface area contributed by atoms with Gasteiger partial charge in [0.1, 0.15) is 24.1 Å². The minimum Gasteiger partial charge on any atom is -0.394 e. The van der Waals surface area contributed by atoms with Gasteiger partial charge in [0.2, 0.25) is 5.91 Å². The molecule has 0 aliphatic rings. The molecule has 10 heteroatoms. The lowest BCUT2D eigenvalue weighted by molar-refractivity contribution is -0.126. The van der Waals surface area contributed by atoms with Gasteiger partial charge < -0.3 is 30.8 Å². The highest BCUT2D eigenvalue weighted by Crippen LogP contribution is 2.05. The van der Waals surface area contributed by atoms with Crippen LogP contribution in [0.4, 0.5) is 0 Å². The molecule has 0 fully saturated rings. The van der Waals surface area contributed by atoms with Crippen LogP contribution in [0, 0.1) is 0 Å². The molecule has 5 unspecified atom stereocenters. The van der Waals surface area contributed by atoms with Crippen LogP contribution in [0.25, 0.3) is 0 Å². The van der Waals surface area contributed by atoms with E-state index in [-0.39, 0.29) is 25.2 Å². The van der Waals surface area contributed by atoms with Crippen LogP contribution in [0.3, 0.4) is 0 Å². The van der Waals surface area contributed by atoms with Crippen molar-refractivity contribution in [3.8, 4) is 0 Å². The van der Waals surface area contributed by atoms with Gasteiger partial charge in [-0.2, -0.15) is 0 Å². The first kappa shape index (κ1) is 25.1. The second kappa shape index (κ2) is 14.2. The Balaban J connectivity index is 0. The SMILES string of the molecule is CC.CC(=O)C(CCC(=O)NCC(O)C(O)C(O)C(O)CO)NN. The van der Waals surface area contributed by atoms with Crippen molar-refractivity contribution < 1.29 is 35.1 Å². The molecule has 0 bridgehead atoms. The van der Waals surface area contributed by atoms with Crippen LogP contribution in [-0.2, 0) is 9.59 Å². The standard InChI is InChI=1S/C12H25N3O7.C2H6/c1-6(17)7(15-13)2-3-10(20)14-4-8(18)11(21)12(22)9(19)5-16;1-2/h7-9,11-12,15-16,18-19,21-22H,2-5,13H2,1H3,(H,14,20);1-2H3. The van der Waals surface area contributed by atoms with Crippen LogP contribution in [0.2, 0.25) is 0 Å². The number of rotatable bonds is 11. The van der Waals surface area contributed by atoms with E-state index in [9.17, 15) is 24.9 Å². The molecule has 24 heavy (non-hydrogen) atoms. The van der Waals surface area contributed by atoms with Gasteiger partial charge in [0.05, 0.1) is 18.8 Å². The number of carbonyl (C=O) groups is 2. The highest BCUT2D eigenvalue weighted by Gasteiger charge is 2.30. The van der Waals surface area contributed by atoms with Crippen molar-refractivity contribution in [1.29, 1.82) is 0 Å². The molecule has 0 aliphatic heterocycles. The molecule has 0 heterocycles. The molecule has 0 radical (unpaired) electrons. The molecule has 10 nitrogen and oxygen atoms in total. The summed E-state index contributed by atoms with van der Waals surface area (Å²) >= 11 is 0. The minimum absolute atomic E-state index is 0.0287. The lowest BCUT2D eigenvalue weighted by Crippen LogP contribution is -2.49. The van der Waals surface area contributed by atoms with Crippen molar-refractivity contribution in [2.24, 2.45) is 5.84 Å². The average molecular weight is 353 g/mol. The third-order valence-corrected chi connectivity index (χ3v) is 3.19. The van der Waals surface area contributed by atoms with Crippen LogP contribution >= 0.6 is 0 Å². The van der Waals surface area contributed by atoms with E-state index >= 15 is 0 Å². The topological polar surface area (TPSA) is 185 Å². The molecule has 144 valence electrons. The predicted octanol–water partition coefficient (Wildman–Crippen LogP) is -3.23. The third kappa shape index (κ3) is 9.88. The van der Waals surface area contributed by atoms with Crippen LogP contribution in [0.15, 0.2) is 0 Å². The first-order chi connectivity index (χ1) is 11.2. The Hall–Kier alpha value is -1.14. The van der Waals surface area contributed by atoms with Gasteiger partial charge in [-0.3, -0.25) is 15.4 Å². The molecule has 0 rings (SSSR count). The van der Waals surface area contributed by atoms with E-state index in [1.54, 1.807) is 0 Å². The van der Waals surface area contributed by atoms with Gasteiger partial charge in [0.15, 0.2) is 0 Å². The Labute approximate surface area is 141 Å². The smallest absolute Gasteiger partial charge is 0.220 e. The second-order valence-electron chi connectivity index (χ2n) is 4.97. The van der Waals surface area contributed by atoms with Gasteiger partial charge in [-0.05, 0) is 13.3 Å². The molecule has 0 aromatic heterocycles. The monoisotopic (exact) mass is 353 g/mol. The first-order valence-corrected chi connectivity index (χ1v) is 7.81. The molecule has 0 aromatic rings. The van der Waals surface area contributed by atoms with E-state index in [2.05, 4.69) is 10.7 Å². The molecule has 0 aliphatic carbocycles. The molecule has 1 amide bonds. The van der Waals surface area contributed by atoms with E-state index in [0.717, 1.165) is 0 Å². The number of hydrogen-bond acceptors (Lipinski definition) is 9. The number of amides is 1. The summed E-state index contributed by atoms with van der Waals surface area (Å²) in [5.74, 6) is 4.45. The van der Waals surface area contributed by atoms with Crippen molar-refractivity contribution >= 4 is 11.7 Å². The maximum atomic E-state index is 11.5. The largest absolute Gasteiger partial charge is 0.394 e. The molecule has 0 spiro atoms. The number of carbonyl (C=O) groups excluding carboxylic acids is 2. The van der Waals surface area contributed by atoms with Gasteiger partial charge >= 0.3 is 0 Å². The third-order valence-electron chi connectivity index (χ3n) is 3.19. The Morgan fingerprint density at radius 1 is 1.04 bits per heavy atom. The Morgan fingerprint density at radius 2 is 1.54 bits per heavy atom. The molecule has 0 saturated carbocycles. The Bertz CT molecular complexity index is 357. The number of nitrogens with two attached hydrogens (primary N) is 1. The summed E-state index contributed by atoms with van der Waals surface area (Å²) in [6, 6.07) is -0.650. The van der Waals surface area contributed by atoms with E-state index in [4.69, 9.17) is 16.1 Å². The zero-order valence-corrected chi connectivity index (χ0v) is 14.3. The van der Waals surface area contributed by atoms with Crippen molar-refractivity contribution in [3.63, 3.8) is 0 Å².